The van der Waals surface area contributed by atoms with Crippen LogP contribution in [0, 0.1) is 0 Å². The fourth-order valence-corrected chi connectivity index (χ4v) is 1.24. The second kappa shape index (κ2) is 5.51. The highest BCUT2D eigenvalue weighted by Crippen LogP contribution is 2.14. The van der Waals surface area contributed by atoms with Gasteiger partial charge < -0.3 is 21.1 Å². The molecule has 0 saturated carbocycles. The number of carbonyl (C=O) groups is 3. The zero-order valence-electron chi connectivity index (χ0n) is 10.5. The van der Waals surface area contributed by atoms with Crippen LogP contribution in [0.15, 0.2) is 0 Å². The van der Waals surface area contributed by atoms with E-state index < -0.39 is 29.5 Å². The number of carbonyl (C=O) groups excluding carboxylic acids is 2. The molecule has 0 aliphatic carbocycles. The first-order valence-corrected chi connectivity index (χ1v) is 5.25. The fourth-order valence-electron chi connectivity index (χ4n) is 1.24. The van der Waals surface area contributed by atoms with Crippen molar-refractivity contribution in [1.29, 1.82) is 0 Å². The lowest BCUT2D eigenvalue weighted by molar-refractivity contribution is -0.147. The predicted molar refractivity (Wildman–Crippen MR) is 61.3 cm³/mol. The van der Waals surface area contributed by atoms with E-state index in [0.717, 1.165) is 4.90 Å². The molecule has 0 aromatic heterocycles. The number of amides is 3. The van der Waals surface area contributed by atoms with E-state index in [0.29, 0.717) is 0 Å². The largest absolute Gasteiger partial charge is 0.480 e. The molecule has 0 aromatic carbocycles. The number of hydrogen-bond acceptors (Lipinski definition) is 3. The Kier molecular flexibility index (Phi) is 4.93. The van der Waals surface area contributed by atoms with Gasteiger partial charge in [-0.05, 0) is 27.7 Å². The fraction of sp³-hybridized carbons (Fsp3) is 0.700. The highest BCUT2D eigenvalue weighted by Gasteiger charge is 2.37. The molecular weight excluding hydrogens is 226 g/mol. The molecule has 0 aliphatic heterocycles. The third-order valence-corrected chi connectivity index (χ3v) is 2.53. The number of likely N-dealkylation sites (N-methyl/N-ethyl adjacent to an activating group) is 1. The number of nitrogens with zero attached hydrogens (tertiary/aromatic N) is 1. The van der Waals surface area contributed by atoms with Crippen LogP contribution in [0.3, 0.4) is 0 Å². The zero-order chi connectivity index (χ0) is 13.8. The van der Waals surface area contributed by atoms with Crippen molar-refractivity contribution in [1.82, 2.24) is 10.2 Å². The van der Waals surface area contributed by atoms with Crippen LogP contribution in [0.5, 0.6) is 0 Å². The normalized spacial score (nSPS) is 12.7. The van der Waals surface area contributed by atoms with E-state index in [1.54, 1.807) is 6.92 Å². The zero-order valence-corrected chi connectivity index (χ0v) is 10.5. The maximum Gasteiger partial charge on any atom is 0.329 e. The SMILES string of the molecule is CCN(C(=O)NC(C)C(N)=O)C(C)(C)C(=O)O. The van der Waals surface area contributed by atoms with E-state index in [4.69, 9.17) is 10.8 Å². The molecule has 0 aliphatic rings. The Morgan fingerprint density at radius 2 is 1.88 bits per heavy atom. The van der Waals surface area contributed by atoms with Gasteiger partial charge >= 0.3 is 12.0 Å². The minimum absolute atomic E-state index is 0.205. The molecule has 0 spiro atoms. The molecule has 0 rings (SSSR count). The van der Waals surface area contributed by atoms with Crippen LogP contribution in [0.1, 0.15) is 27.7 Å². The quantitative estimate of drug-likeness (QED) is 0.620. The maximum atomic E-state index is 11.8. The van der Waals surface area contributed by atoms with Crippen LogP contribution >= 0.6 is 0 Å². The van der Waals surface area contributed by atoms with Gasteiger partial charge in [0.05, 0.1) is 0 Å². The van der Waals surface area contributed by atoms with E-state index in [9.17, 15) is 14.4 Å². The average molecular weight is 245 g/mol. The monoisotopic (exact) mass is 245 g/mol. The Bertz CT molecular complexity index is 328. The summed E-state index contributed by atoms with van der Waals surface area (Å²) >= 11 is 0. The smallest absolute Gasteiger partial charge is 0.329 e. The number of nitrogens with two attached hydrogens (primary N) is 1. The summed E-state index contributed by atoms with van der Waals surface area (Å²) < 4.78 is 0. The number of carboxylic acid groups (broad SMARTS) is 1. The Morgan fingerprint density at radius 3 is 2.18 bits per heavy atom. The van der Waals surface area contributed by atoms with Crippen LogP contribution in [0.2, 0.25) is 0 Å². The molecule has 0 heterocycles. The van der Waals surface area contributed by atoms with Crippen LogP contribution in [0.4, 0.5) is 4.79 Å². The van der Waals surface area contributed by atoms with Crippen LogP contribution in [-0.4, -0.2) is 46.0 Å². The van der Waals surface area contributed by atoms with Crippen molar-refractivity contribution in [2.75, 3.05) is 6.54 Å². The molecule has 0 fully saturated rings. The van der Waals surface area contributed by atoms with Crippen molar-refractivity contribution in [3.63, 3.8) is 0 Å². The van der Waals surface area contributed by atoms with Gasteiger partial charge in [-0.25, -0.2) is 9.59 Å². The van der Waals surface area contributed by atoms with E-state index in [2.05, 4.69) is 5.32 Å². The molecule has 1 atom stereocenters. The topological polar surface area (TPSA) is 113 Å². The third kappa shape index (κ3) is 3.61. The third-order valence-electron chi connectivity index (χ3n) is 2.53. The molecule has 0 bridgehead atoms. The van der Waals surface area contributed by atoms with E-state index in [1.165, 1.54) is 20.8 Å². The summed E-state index contributed by atoms with van der Waals surface area (Å²) in [5.74, 6) is -1.80. The van der Waals surface area contributed by atoms with Gasteiger partial charge in [0.25, 0.3) is 0 Å². The molecule has 98 valence electrons. The Balaban J connectivity index is 4.85. The molecule has 7 heteroatoms. The number of nitrogens with one attached hydrogen (secondary N) is 1. The molecule has 0 saturated heterocycles. The number of carboxylic acids is 1. The number of primary amides is 1. The van der Waals surface area contributed by atoms with Gasteiger partial charge in [0.2, 0.25) is 5.91 Å². The number of hydrogen-bond donors (Lipinski definition) is 3. The highest BCUT2D eigenvalue weighted by molar-refractivity contribution is 5.89. The summed E-state index contributed by atoms with van der Waals surface area (Å²) in [5.41, 5.74) is 3.66. The maximum absolute atomic E-state index is 11.8. The molecule has 0 radical (unpaired) electrons. The van der Waals surface area contributed by atoms with Gasteiger partial charge in [-0.2, -0.15) is 0 Å². The van der Waals surface area contributed by atoms with E-state index in [1.807, 2.05) is 0 Å². The number of rotatable bonds is 5. The standard InChI is InChI=1S/C10H19N3O4/c1-5-13(10(3,4)8(15)16)9(17)12-6(2)7(11)14/h6H,5H2,1-4H3,(H2,11,14)(H,12,17)(H,15,16). The lowest BCUT2D eigenvalue weighted by atomic mass is 10.0. The van der Waals surface area contributed by atoms with Gasteiger partial charge in [0, 0.05) is 6.54 Å². The molecule has 1 unspecified atom stereocenters. The van der Waals surface area contributed by atoms with Gasteiger partial charge in [0.15, 0.2) is 0 Å². The summed E-state index contributed by atoms with van der Waals surface area (Å²) in [6.07, 6.45) is 0. The lowest BCUT2D eigenvalue weighted by Crippen LogP contribution is -2.58. The summed E-state index contributed by atoms with van der Waals surface area (Å²) in [4.78, 5) is 34.7. The lowest BCUT2D eigenvalue weighted by Gasteiger charge is -2.34. The molecule has 0 aromatic rings. The second-order valence-corrected chi connectivity index (χ2v) is 4.18. The van der Waals surface area contributed by atoms with Gasteiger partial charge in [-0.1, -0.05) is 0 Å². The molecule has 17 heavy (non-hydrogen) atoms. The number of aliphatic carboxylic acids is 1. The van der Waals surface area contributed by atoms with Crippen molar-refractivity contribution in [3.8, 4) is 0 Å². The Morgan fingerprint density at radius 1 is 1.41 bits per heavy atom. The van der Waals surface area contributed by atoms with Crippen molar-refractivity contribution < 1.29 is 19.5 Å². The minimum atomic E-state index is -1.35. The molecule has 4 N–H and O–H groups in total. The van der Waals surface area contributed by atoms with Gasteiger partial charge in [-0.15, -0.1) is 0 Å². The Labute approximate surface area is 100.0 Å². The summed E-state index contributed by atoms with van der Waals surface area (Å²) in [6, 6.07) is -1.48. The van der Waals surface area contributed by atoms with E-state index in [-0.39, 0.29) is 6.54 Å². The minimum Gasteiger partial charge on any atom is -0.480 e. The first-order chi connectivity index (χ1) is 7.64. The molecular formula is C10H19N3O4. The van der Waals surface area contributed by atoms with Gasteiger partial charge in [-0.3, -0.25) is 4.79 Å². The van der Waals surface area contributed by atoms with Crippen molar-refractivity contribution >= 4 is 17.9 Å². The van der Waals surface area contributed by atoms with Crippen LogP contribution in [0.25, 0.3) is 0 Å². The summed E-state index contributed by atoms with van der Waals surface area (Å²) in [6.45, 7) is 6.11. The highest BCUT2D eigenvalue weighted by atomic mass is 16.4. The van der Waals surface area contributed by atoms with Crippen molar-refractivity contribution in [2.24, 2.45) is 5.73 Å². The van der Waals surface area contributed by atoms with Gasteiger partial charge in [0.1, 0.15) is 11.6 Å². The second-order valence-electron chi connectivity index (χ2n) is 4.18. The first-order valence-electron chi connectivity index (χ1n) is 5.25. The van der Waals surface area contributed by atoms with Crippen LogP contribution < -0.4 is 11.1 Å². The molecule has 7 nitrogen and oxygen atoms in total. The number of urea groups is 1. The van der Waals surface area contributed by atoms with E-state index >= 15 is 0 Å². The van der Waals surface area contributed by atoms with Crippen molar-refractivity contribution in [2.45, 2.75) is 39.3 Å². The van der Waals surface area contributed by atoms with Crippen LogP contribution in [-0.2, 0) is 9.59 Å². The molecule has 3 amide bonds. The summed E-state index contributed by atoms with van der Waals surface area (Å²) in [5, 5.41) is 11.4. The Hall–Kier alpha value is -1.79. The van der Waals surface area contributed by atoms with Crippen molar-refractivity contribution in [3.05, 3.63) is 0 Å². The first kappa shape index (κ1) is 15.2. The average Bonchev–Trinajstić information content (AvgIpc) is 2.17. The predicted octanol–water partition coefficient (Wildman–Crippen LogP) is -0.245. The summed E-state index contributed by atoms with van der Waals surface area (Å²) in [7, 11) is 0.